The van der Waals surface area contributed by atoms with Gasteiger partial charge in [-0.15, -0.1) is 11.3 Å². The third kappa shape index (κ3) is 3.29. The predicted octanol–water partition coefficient (Wildman–Crippen LogP) is 1.67. The fourth-order valence-corrected chi connectivity index (χ4v) is 3.59. The number of nitrogens with zero attached hydrogens (tertiary/aromatic N) is 1. The molecule has 18 heavy (non-hydrogen) atoms. The van der Waals surface area contributed by atoms with Crippen LogP contribution in [0.25, 0.3) is 0 Å². The zero-order valence-corrected chi connectivity index (χ0v) is 11.8. The molecule has 1 saturated heterocycles. The lowest BCUT2D eigenvalue weighted by Gasteiger charge is -2.30. The lowest BCUT2D eigenvalue weighted by Crippen LogP contribution is -2.40. The zero-order chi connectivity index (χ0) is 13.0. The maximum absolute atomic E-state index is 12.3. The molecule has 1 unspecified atom stereocenters. The van der Waals surface area contributed by atoms with Gasteiger partial charge in [0.1, 0.15) is 6.61 Å². The van der Waals surface area contributed by atoms with Gasteiger partial charge in [-0.2, -0.15) is 11.8 Å². The van der Waals surface area contributed by atoms with Crippen molar-refractivity contribution in [3.8, 4) is 11.8 Å². The Bertz CT molecular complexity index is 487. The summed E-state index contributed by atoms with van der Waals surface area (Å²) in [4.78, 5) is 15.0. The Morgan fingerprint density at radius 1 is 1.67 bits per heavy atom. The first-order valence-electron chi connectivity index (χ1n) is 5.80. The third-order valence-corrected chi connectivity index (χ3v) is 4.65. The minimum Gasteiger partial charge on any atom is -0.384 e. The molecule has 1 aliphatic heterocycles. The SMILES string of the molecule is CC1CN(C(=O)c2csc(C#CCO)c2)CCS1. The number of aliphatic hydroxyl groups excluding tert-OH is 1. The standard InChI is InChI=1S/C13H15NO2S2/c1-10-8-14(4-6-17-10)13(16)11-7-12(18-9-11)3-2-5-15/h7,9-10,15H,4-6,8H2,1H3. The van der Waals surface area contributed by atoms with Crippen LogP contribution < -0.4 is 0 Å². The molecule has 2 heterocycles. The van der Waals surface area contributed by atoms with E-state index in [1.807, 2.05) is 28.1 Å². The number of thiophene rings is 1. The Morgan fingerprint density at radius 2 is 2.50 bits per heavy atom. The average Bonchev–Trinajstić information content (AvgIpc) is 2.84. The average molecular weight is 281 g/mol. The first kappa shape index (κ1) is 13.5. The molecule has 0 aromatic carbocycles. The summed E-state index contributed by atoms with van der Waals surface area (Å²) in [5.74, 6) is 6.52. The predicted molar refractivity (Wildman–Crippen MR) is 76.1 cm³/mol. The molecule has 5 heteroatoms. The van der Waals surface area contributed by atoms with Gasteiger partial charge in [-0.05, 0) is 6.07 Å². The van der Waals surface area contributed by atoms with E-state index in [0.717, 1.165) is 23.7 Å². The summed E-state index contributed by atoms with van der Waals surface area (Å²) in [5, 5.41) is 11.0. The van der Waals surface area contributed by atoms with Crippen molar-refractivity contribution >= 4 is 29.0 Å². The molecule has 1 aromatic rings. The lowest BCUT2D eigenvalue weighted by atomic mass is 10.2. The molecule has 1 atom stereocenters. The second-order valence-corrected chi connectivity index (χ2v) is 6.55. The third-order valence-electron chi connectivity index (χ3n) is 2.67. The second-order valence-electron chi connectivity index (χ2n) is 4.09. The molecule has 0 bridgehead atoms. The number of carbonyl (C=O) groups is 1. The molecule has 1 aliphatic rings. The monoisotopic (exact) mass is 281 g/mol. The van der Waals surface area contributed by atoms with Crippen LogP contribution in [0, 0.1) is 11.8 Å². The molecule has 0 radical (unpaired) electrons. The Balaban J connectivity index is 2.06. The van der Waals surface area contributed by atoms with E-state index in [4.69, 9.17) is 5.11 Å². The highest BCUT2D eigenvalue weighted by Crippen LogP contribution is 2.21. The van der Waals surface area contributed by atoms with Crippen molar-refractivity contribution in [2.75, 3.05) is 25.4 Å². The largest absolute Gasteiger partial charge is 0.384 e. The number of thioether (sulfide) groups is 1. The smallest absolute Gasteiger partial charge is 0.254 e. The molecule has 0 spiro atoms. The number of aliphatic hydroxyl groups is 1. The first-order chi connectivity index (χ1) is 8.70. The Hall–Kier alpha value is -0.960. The summed E-state index contributed by atoms with van der Waals surface area (Å²) in [6.45, 7) is 3.64. The van der Waals surface area contributed by atoms with Crippen LogP contribution in [-0.4, -0.2) is 46.6 Å². The lowest BCUT2D eigenvalue weighted by molar-refractivity contribution is 0.0763. The molecule has 1 aromatic heterocycles. The van der Waals surface area contributed by atoms with Crippen molar-refractivity contribution in [1.29, 1.82) is 0 Å². The maximum atomic E-state index is 12.3. The van der Waals surface area contributed by atoms with E-state index in [1.54, 1.807) is 0 Å². The molecule has 96 valence electrons. The molecule has 2 rings (SSSR count). The van der Waals surface area contributed by atoms with Gasteiger partial charge in [0.2, 0.25) is 0 Å². The van der Waals surface area contributed by atoms with Gasteiger partial charge in [0.25, 0.3) is 5.91 Å². The van der Waals surface area contributed by atoms with Gasteiger partial charge in [0.15, 0.2) is 0 Å². The van der Waals surface area contributed by atoms with Crippen LogP contribution in [0.1, 0.15) is 22.2 Å². The molecule has 0 aliphatic carbocycles. The zero-order valence-electron chi connectivity index (χ0n) is 10.2. The van der Waals surface area contributed by atoms with Gasteiger partial charge in [-0.3, -0.25) is 4.79 Å². The summed E-state index contributed by atoms with van der Waals surface area (Å²) >= 11 is 3.35. The van der Waals surface area contributed by atoms with Gasteiger partial charge in [0.05, 0.1) is 10.4 Å². The molecule has 0 saturated carbocycles. The number of hydrogen-bond donors (Lipinski definition) is 1. The van der Waals surface area contributed by atoms with Crippen molar-refractivity contribution in [1.82, 2.24) is 4.90 Å². The highest BCUT2D eigenvalue weighted by atomic mass is 32.2. The number of rotatable bonds is 1. The Morgan fingerprint density at radius 3 is 3.22 bits per heavy atom. The van der Waals surface area contributed by atoms with Gasteiger partial charge in [0, 0.05) is 29.5 Å². The Labute approximate surface area is 115 Å². The van der Waals surface area contributed by atoms with Crippen LogP contribution >= 0.6 is 23.1 Å². The highest BCUT2D eigenvalue weighted by molar-refractivity contribution is 7.99. The van der Waals surface area contributed by atoms with Crippen molar-refractivity contribution in [2.45, 2.75) is 12.2 Å². The summed E-state index contributed by atoms with van der Waals surface area (Å²) < 4.78 is 0. The van der Waals surface area contributed by atoms with Crippen LogP contribution in [0.3, 0.4) is 0 Å². The molecule has 1 amide bonds. The summed E-state index contributed by atoms with van der Waals surface area (Å²) in [6.07, 6.45) is 0. The van der Waals surface area contributed by atoms with E-state index in [9.17, 15) is 4.79 Å². The van der Waals surface area contributed by atoms with E-state index >= 15 is 0 Å². The highest BCUT2D eigenvalue weighted by Gasteiger charge is 2.22. The van der Waals surface area contributed by atoms with Crippen LogP contribution in [0.5, 0.6) is 0 Å². The van der Waals surface area contributed by atoms with Crippen molar-refractivity contribution in [2.24, 2.45) is 0 Å². The fourth-order valence-electron chi connectivity index (χ4n) is 1.83. The molecule has 3 nitrogen and oxygen atoms in total. The van der Waals surface area contributed by atoms with Crippen molar-refractivity contribution in [3.05, 3.63) is 21.9 Å². The van der Waals surface area contributed by atoms with Crippen molar-refractivity contribution in [3.63, 3.8) is 0 Å². The van der Waals surface area contributed by atoms with Crippen LogP contribution in [0.2, 0.25) is 0 Å². The van der Waals surface area contributed by atoms with Gasteiger partial charge in [-0.25, -0.2) is 0 Å². The summed E-state index contributed by atoms with van der Waals surface area (Å²) in [5.41, 5.74) is 0.710. The van der Waals surface area contributed by atoms with Crippen LogP contribution in [0.15, 0.2) is 11.4 Å². The van der Waals surface area contributed by atoms with Crippen molar-refractivity contribution < 1.29 is 9.90 Å². The normalized spacial score (nSPS) is 19.2. The maximum Gasteiger partial charge on any atom is 0.254 e. The van der Waals surface area contributed by atoms with Gasteiger partial charge >= 0.3 is 0 Å². The molecule has 1 N–H and O–H groups in total. The topological polar surface area (TPSA) is 40.5 Å². The fraction of sp³-hybridized carbons (Fsp3) is 0.462. The van der Waals surface area contributed by atoms with Gasteiger partial charge in [-0.1, -0.05) is 18.8 Å². The molecule has 1 fully saturated rings. The molecular formula is C13H15NO2S2. The van der Waals surface area contributed by atoms with Crippen LogP contribution in [-0.2, 0) is 0 Å². The quantitative estimate of drug-likeness (QED) is 0.796. The first-order valence-corrected chi connectivity index (χ1v) is 7.72. The minimum atomic E-state index is -0.151. The van der Waals surface area contributed by atoms with E-state index in [-0.39, 0.29) is 12.5 Å². The minimum absolute atomic E-state index is 0.0930. The molecular weight excluding hydrogens is 266 g/mol. The van der Waals surface area contributed by atoms with E-state index in [1.165, 1.54) is 11.3 Å². The second kappa shape index (κ2) is 6.28. The van der Waals surface area contributed by atoms with E-state index in [2.05, 4.69) is 18.8 Å². The number of carbonyl (C=O) groups excluding carboxylic acids is 1. The number of amides is 1. The van der Waals surface area contributed by atoms with Crippen LogP contribution in [0.4, 0.5) is 0 Å². The summed E-state index contributed by atoms with van der Waals surface area (Å²) in [6, 6.07) is 1.81. The van der Waals surface area contributed by atoms with E-state index < -0.39 is 0 Å². The number of hydrogen-bond acceptors (Lipinski definition) is 4. The van der Waals surface area contributed by atoms with Gasteiger partial charge < -0.3 is 10.0 Å². The summed E-state index contributed by atoms with van der Waals surface area (Å²) in [7, 11) is 0. The Kier molecular flexibility index (Phi) is 4.70. The van der Waals surface area contributed by atoms with E-state index in [0.29, 0.717) is 10.8 Å².